The average molecular weight is 561 g/mol. The van der Waals surface area contributed by atoms with Gasteiger partial charge in [-0.3, -0.25) is 19.1 Å². The van der Waals surface area contributed by atoms with Crippen molar-refractivity contribution in [2.75, 3.05) is 26.2 Å². The van der Waals surface area contributed by atoms with E-state index < -0.39 is 11.9 Å². The van der Waals surface area contributed by atoms with E-state index in [4.69, 9.17) is 16.1 Å². The van der Waals surface area contributed by atoms with Crippen LogP contribution >= 0.6 is 22.9 Å². The summed E-state index contributed by atoms with van der Waals surface area (Å²) in [6.07, 6.45) is 1.68. The van der Waals surface area contributed by atoms with E-state index in [1.165, 1.54) is 27.0 Å². The van der Waals surface area contributed by atoms with E-state index in [0.717, 1.165) is 30.8 Å². The Balaban J connectivity index is 1.33. The predicted octanol–water partition coefficient (Wildman–Crippen LogP) is 3.06. The molecule has 5 rings (SSSR count). The Hall–Kier alpha value is -3.22. The number of carbonyl (C=O) groups is 3. The number of aliphatic carboxylic acids is 1. The zero-order valence-electron chi connectivity index (χ0n) is 21.1. The first kappa shape index (κ1) is 26.4. The van der Waals surface area contributed by atoms with Crippen LogP contribution in [0.3, 0.4) is 0 Å². The molecule has 2 amide bonds. The minimum atomic E-state index is -0.935. The van der Waals surface area contributed by atoms with Gasteiger partial charge >= 0.3 is 5.97 Å². The molecule has 0 spiro atoms. The molecule has 3 aromatic heterocycles. The summed E-state index contributed by atoms with van der Waals surface area (Å²) in [5.74, 6) is -1.72. The third-order valence-electron chi connectivity index (χ3n) is 7.03. The first-order valence-corrected chi connectivity index (χ1v) is 13.7. The van der Waals surface area contributed by atoms with E-state index in [-0.39, 0.29) is 48.9 Å². The third kappa shape index (κ3) is 5.62. The molecule has 2 fully saturated rings. The maximum Gasteiger partial charge on any atom is 0.310 e. The molecule has 2 saturated heterocycles. The lowest BCUT2D eigenvalue weighted by molar-refractivity contribution is -0.146. The molecule has 0 unspecified atom stereocenters. The predicted molar refractivity (Wildman–Crippen MR) is 140 cm³/mol. The number of likely N-dealkylation sites (tertiary alicyclic amines) is 2. The van der Waals surface area contributed by atoms with Crippen LogP contribution in [0.5, 0.6) is 0 Å². The number of amides is 2. The standard InChI is InChI=1S/C25H29ClN6O5S/c1-14(2)30-7-5-16(6-8-30)27-23(33)18-10-19(24(34)31-11-15(12-31)25(35)36)32(28-18)13-17-9-20(37-29-17)21-3-4-22(26)38-21/h3-4,9-10,14-16H,5-8,11-13H2,1-2H3,(H,27,33)(H,35,36). The van der Waals surface area contributed by atoms with Crippen LogP contribution in [-0.2, 0) is 11.3 Å². The second-order valence-corrected chi connectivity index (χ2v) is 11.7. The number of piperidine rings is 1. The number of nitrogens with one attached hydrogen (secondary N) is 1. The van der Waals surface area contributed by atoms with Gasteiger partial charge in [-0.25, -0.2) is 0 Å². The lowest BCUT2D eigenvalue weighted by Crippen LogP contribution is -2.53. The Morgan fingerprint density at radius 1 is 1.21 bits per heavy atom. The Morgan fingerprint density at radius 2 is 1.95 bits per heavy atom. The Kier molecular flexibility index (Phi) is 7.55. The third-order valence-corrected chi connectivity index (χ3v) is 8.28. The first-order valence-electron chi connectivity index (χ1n) is 12.5. The average Bonchev–Trinajstić information content (AvgIpc) is 3.58. The van der Waals surface area contributed by atoms with Crippen molar-refractivity contribution < 1.29 is 24.0 Å². The zero-order valence-corrected chi connectivity index (χ0v) is 22.7. The topological polar surface area (TPSA) is 134 Å². The molecule has 0 aliphatic carbocycles. The van der Waals surface area contributed by atoms with E-state index in [2.05, 4.69) is 34.3 Å². The number of halogens is 1. The van der Waals surface area contributed by atoms with E-state index in [0.29, 0.717) is 21.8 Å². The highest BCUT2D eigenvalue weighted by Gasteiger charge is 2.37. The van der Waals surface area contributed by atoms with E-state index in [1.54, 1.807) is 12.1 Å². The quantitative estimate of drug-likeness (QED) is 0.429. The number of hydrogen-bond donors (Lipinski definition) is 2. The van der Waals surface area contributed by atoms with Crippen LogP contribution in [0, 0.1) is 5.92 Å². The highest BCUT2D eigenvalue weighted by molar-refractivity contribution is 7.19. The molecule has 0 saturated carbocycles. The molecule has 2 N–H and O–H groups in total. The SMILES string of the molecule is CC(C)N1CCC(NC(=O)c2cc(C(=O)N3CC(C(=O)O)C3)n(Cc3cc(-c4ccc(Cl)s4)on3)n2)CC1. The molecule has 3 aromatic rings. The first-order chi connectivity index (χ1) is 18.2. The smallest absolute Gasteiger partial charge is 0.310 e. The minimum Gasteiger partial charge on any atom is -0.481 e. The maximum absolute atomic E-state index is 13.2. The molecule has 0 bridgehead atoms. The number of rotatable bonds is 8. The summed E-state index contributed by atoms with van der Waals surface area (Å²) in [6, 6.07) is 7.30. The van der Waals surface area contributed by atoms with Crippen molar-refractivity contribution in [1.82, 2.24) is 30.1 Å². The second kappa shape index (κ2) is 10.9. The molecule has 11 nitrogen and oxygen atoms in total. The van der Waals surface area contributed by atoms with Crippen molar-refractivity contribution in [3.8, 4) is 10.6 Å². The number of thiophene rings is 1. The summed E-state index contributed by atoms with van der Waals surface area (Å²) in [6.45, 7) is 6.46. The number of nitrogens with zero attached hydrogens (tertiary/aromatic N) is 5. The summed E-state index contributed by atoms with van der Waals surface area (Å²) in [7, 11) is 0. The van der Waals surface area contributed by atoms with Crippen molar-refractivity contribution in [1.29, 1.82) is 0 Å². The summed E-state index contributed by atoms with van der Waals surface area (Å²) in [5.41, 5.74) is 0.836. The van der Waals surface area contributed by atoms with Gasteiger partial charge in [0.05, 0.1) is 21.7 Å². The number of carbonyl (C=O) groups excluding carboxylic acids is 2. The number of aromatic nitrogens is 3. The second-order valence-electron chi connectivity index (χ2n) is 9.98. The van der Waals surface area contributed by atoms with Crippen LogP contribution in [0.25, 0.3) is 10.6 Å². The van der Waals surface area contributed by atoms with Gasteiger partial charge in [-0.15, -0.1) is 11.3 Å². The zero-order chi connectivity index (χ0) is 27.0. The van der Waals surface area contributed by atoms with Crippen molar-refractivity contribution in [3.05, 3.63) is 45.7 Å². The molecule has 0 radical (unpaired) electrons. The fourth-order valence-corrected chi connectivity index (χ4v) is 5.70. The molecule has 0 aromatic carbocycles. The van der Waals surface area contributed by atoms with Gasteiger partial charge in [-0.05, 0) is 38.8 Å². The molecular formula is C25H29ClN6O5S. The molecular weight excluding hydrogens is 532 g/mol. The van der Waals surface area contributed by atoms with Crippen molar-refractivity contribution in [2.45, 2.75) is 45.3 Å². The van der Waals surface area contributed by atoms with Gasteiger partial charge in [0.1, 0.15) is 11.4 Å². The molecule has 2 aliphatic rings. The van der Waals surface area contributed by atoms with Gasteiger partial charge < -0.3 is 24.7 Å². The van der Waals surface area contributed by atoms with Crippen LogP contribution in [-0.4, -0.2) is 85.9 Å². The molecule has 13 heteroatoms. The molecule has 38 heavy (non-hydrogen) atoms. The van der Waals surface area contributed by atoms with Crippen molar-refractivity contribution in [2.24, 2.45) is 5.92 Å². The van der Waals surface area contributed by atoms with Crippen LogP contribution in [0.15, 0.2) is 28.8 Å². The van der Waals surface area contributed by atoms with Crippen molar-refractivity contribution >= 4 is 40.7 Å². The summed E-state index contributed by atoms with van der Waals surface area (Å²) in [4.78, 5) is 42.2. The van der Waals surface area contributed by atoms with Gasteiger partial charge in [0, 0.05) is 50.4 Å². The summed E-state index contributed by atoms with van der Waals surface area (Å²) < 4.78 is 7.50. The summed E-state index contributed by atoms with van der Waals surface area (Å²) >= 11 is 7.38. The number of hydrogen-bond acceptors (Lipinski definition) is 8. The molecule has 5 heterocycles. The van der Waals surface area contributed by atoms with E-state index in [1.807, 2.05) is 6.07 Å². The van der Waals surface area contributed by atoms with Gasteiger partial charge in [-0.1, -0.05) is 16.8 Å². The van der Waals surface area contributed by atoms with Crippen LogP contribution in [0.2, 0.25) is 4.34 Å². The van der Waals surface area contributed by atoms with Crippen LogP contribution in [0.1, 0.15) is 53.4 Å². The van der Waals surface area contributed by atoms with Gasteiger partial charge in [0.2, 0.25) is 0 Å². The maximum atomic E-state index is 13.2. The molecule has 2 aliphatic heterocycles. The fraction of sp³-hybridized carbons (Fsp3) is 0.480. The van der Waals surface area contributed by atoms with Gasteiger partial charge in [-0.2, -0.15) is 5.10 Å². The highest BCUT2D eigenvalue weighted by atomic mass is 35.5. The number of carboxylic acid groups (broad SMARTS) is 1. The fourth-order valence-electron chi connectivity index (χ4n) is 4.71. The van der Waals surface area contributed by atoms with Crippen LogP contribution < -0.4 is 5.32 Å². The highest BCUT2D eigenvalue weighted by Crippen LogP contribution is 2.31. The normalized spacial score (nSPS) is 17.1. The Labute approximate surface area is 228 Å². The lowest BCUT2D eigenvalue weighted by Gasteiger charge is -2.36. The van der Waals surface area contributed by atoms with Gasteiger partial charge in [0.25, 0.3) is 11.8 Å². The van der Waals surface area contributed by atoms with Gasteiger partial charge in [0.15, 0.2) is 11.5 Å². The largest absolute Gasteiger partial charge is 0.481 e. The summed E-state index contributed by atoms with van der Waals surface area (Å²) in [5, 5.41) is 20.8. The lowest BCUT2D eigenvalue weighted by atomic mass is 10.00. The Morgan fingerprint density at radius 3 is 2.58 bits per heavy atom. The number of carboxylic acids is 1. The molecule has 202 valence electrons. The van der Waals surface area contributed by atoms with Crippen molar-refractivity contribution in [3.63, 3.8) is 0 Å². The Bertz CT molecular complexity index is 1340. The molecule has 0 atom stereocenters. The van der Waals surface area contributed by atoms with E-state index >= 15 is 0 Å². The monoisotopic (exact) mass is 560 g/mol. The van der Waals surface area contributed by atoms with E-state index in [9.17, 15) is 19.5 Å². The van der Waals surface area contributed by atoms with Crippen LogP contribution in [0.4, 0.5) is 0 Å². The minimum absolute atomic E-state index is 0.0317.